The van der Waals surface area contributed by atoms with Gasteiger partial charge in [-0.25, -0.2) is 4.79 Å². The number of rotatable bonds is 2. The maximum atomic E-state index is 10.7. The van der Waals surface area contributed by atoms with E-state index in [2.05, 4.69) is 0 Å². The van der Waals surface area contributed by atoms with Crippen molar-refractivity contribution < 1.29 is 14.6 Å². The zero-order valence-corrected chi connectivity index (χ0v) is 7.56. The van der Waals surface area contributed by atoms with Crippen LogP contribution in [0.2, 0.25) is 0 Å². The topological polar surface area (TPSA) is 46.5 Å². The molecule has 1 heterocycles. The summed E-state index contributed by atoms with van der Waals surface area (Å²) in [5.41, 5.74) is 2.31. The van der Waals surface area contributed by atoms with Crippen molar-refractivity contribution in [1.82, 2.24) is 0 Å². The summed E-state index contributed by atoms with van der Waals surface area (Å²) in [6.45, 7) is 1.19. The zero-order chi connectivity index (χ0) is 9.97. The van der Waals surface area contributed by atoms with Crippen LogP contribution in [0, 0.1) is 0 Å². The first-order valence-electron chi connectivity index (χ1n) is 4.38. The molecule has 72 valence electrons. The van der Waals surface area contributed by atoms with Crippen LogP contribution in [0.3, 0.4) is 0 Å². The van der Waals surface area contributed by atoms with Gasteiger partial charge in [-0.3, -0.25) is 0 Å². The van der Waals surface area contributed by atoms with Crippen molar-refractivity contribution in [2.75, 3.05) is 13.2 Å². The van der Waals surface area contributed by atoms with Crippen molar-refractivity contribution in [1.29, 1.82) is 0 Å². The minimum absolute atomic E-state index is 0.315. The van der Waals surface area contributed by atoms with E-state index < -0.39 is 5.97 Å². The van der Waals surface area contributed by atoms with Gasteiger partial charge in [-0.1, -0.05) is 18.2 Å². The summed E-state index contributed by atoms with van der Waals surface area (Å²) < 4.78 is 5.17. The van der Waals surface area contributed by atoms with Crippen LogP contribution in [0.25, 0.3) is 5.57 Å². The maximum Gasteiger partial charge on any atom is 0.335 e. The van der Waals surface area contributed by atoms with Gasteiger partial charge in [0.25, 0.3) is 0 Å². The summed E-state index contributed by atoms with van der Waals surface area (Å²) in [5.74, 6) is -0.897. The zero-order valence-electron chi connectivity index (χ0n) is 7.56. The van der Waals surface area contributed by atoms with E-state index in [1.807, 2.05) is 12.1 Å². The molecule has 0 amide bonds. The molecular weight excluding hydrogens is 180 g/mol. The molecule has 3 heteroatoms. The van der Waals surface area contributed by atoms with E-state index in [-0.39, 0.29) is 0 Å². The number of hydrogen-bond acceptors (Lipinski definition) is 2. The molecule has 0 radical (unpaired) electrons. The van der Waals surface area contributed by atoms with Crippen molar-refractivity contribution in [2.24, 2.45) is 0 Å². The van der Waals surface area contributed by atoms with Crippen LogP contribution >= 0.6 is 0 Å². The molecule has 0 unspecified atom stereocenters. The number of ether oxygens (including phenoxy) is 1. The van der Waals surface area contributed by atoms with Gasteiger partial charge < -0.3 is 9.84 Å². The predicted octanol–water partition coefficient (Wildman–Crippen LogP) is 1.80. The van der Waals surface area contributed by atoms with Crippen LogP contribution < -0.4 is 0 Å². The Balaban J connectivity index is 2.34. The Hall–Kier alpha value is -1.61. The molecule has 0 aromatic heterocycles. The molecule has 1 aromatic carbocycles. The second-order valence-electron chi connectivity index (χ2n) is 3.13. The fourth-order valence-corrected chi connectivity index (χ4v) is 1.44. The summed E-state index contributed by atoms with van der Waals surface area (Å²) in [4.78, 5) is 10.7. The molecule has 0 atom stereocenters. The molecule has 14 heavy (non-hydrogen) atoms. The molecule has 0 bridgehead atoms. The quantitative estimate of drug-likeness (QED) is 0.773. The highest BCUT2D eigenvalue weighted by molar-refractivity contribution is 5.89. The number of benzene rings is 1. The largest absolute Gasteiger partial charge is 0.478 e. The van der Waals surface area contributed by atoms with Gasteiger partial charge in [0.1, 0.15) is 0 Å². The Kier molecular flexibility index (Phi) is 2.33. The van der Waals surface area contributed by atoms with Gasteiger partial charge in [0.05, 0.1) is 18.8 Å². The van der Waals surface area contributed by atoms with E-state index in [4.69, 9.17) is 9.84 Å². The van der Waals surface area contributed by atoms with Gasteiger partial charge in [-0.15, -0.1) is 0 Å². The highest BCUT2D eigenvalue weighted by Crippen LogP contribution is 2.19. The van der Waals surface area contributed by atoms with E-state index in [0.717, 1.165) is 11.1 Å². The first kappa shape index (κ1) is 8.97. The molecule has 3 nitrogen and oxygen atoms in total. The maximum absolute atomic E-state index is 10.7. The van der Waals surface area contributed by atoms with Gasteiger partial charge in [0.15, 0.2) is 0 Å². The lowest BCUT2D eigenvalue weighted by Gasteiger charge is -2.02. The smallest absolute Gasteiger partial charge is 0.335 e. The van der Waals surface area contributed by atoms with Crippen molar-refractivity contribution in [2.45, 2.75) is 0 Å². The third-order valence-corrected chi connectivity index (χ3v) is 2.19. The van der Waals surface area contributed by atoms with E-state index in [1.54, 1.807) is 18.2 Å². The van der Waals surface area contributed by atoms with Crippen LogP contribution in [0.5, 0.6) is 0 Å². The second kappa shape index (κ2) is 3.64. The minimum atomic E-state index is -0.897. The first-order chi connectivity index (χ1) is 6.77. The van der Waals surface area contributed by atoms with Gasteiger partial charge in [0.2, 0.25) is 0 Å². The second-order valence-corrected chi connectivity index (χ2v) is 3.13. The van der Waals surface area contributed by atoms with Gasteiger partial charge in [-0.2, -0.15) is 0 Å². The first-order valence-corrected chi connectivity index (χ1v) is 4.38. The van der Waals surface area contributed by atoms with Crippen LogP contribution in [-0.2, 0) is 4.74 Å². The van der Waals surface area contributed by atoms with Gasteiger partial charge in [0, 0.05) is 0 Å². The molecule has 1 aromatic rings. The van der Waals surface area contributed by atoms with Crippen LogP contribution in [0.1, 0.15) is 15.9 Å². The Bertz CT molecular complexity index is 393. The Morgan fingerprint density at radius 2 is 2.29 bits per heavy atom. The Morgan fingerprint density at radius 1 is 1.43 bits per heavy atom. The molecule has 2 rings (SSSR count). The number of hydrogen-bond donors (Lipinski definition) is 1. The summed E-state index contributed by atoms with van der Waals surface area (Å²) in [6, 6.07) is 6.90. The lowest BCUT2D eigenvalue weighted by Crippen LogP contribution is -1.97. The van der Waals surface area contributed by atoms with Crippen LogP contribution in [-0.4, -0.2) is 24.3 Å². The van der Waals surface area contributed by atoms with E-state index >= 15 is 0 Å². The number of aromatic carboxylic acids is 1. The van der Waals surface area contributed by atoms with E-state index in [1.165, 1.54) is 0 Å². The predicted molar refractivity (Wildman–Crippen MR) is 52.2 cm³/mol. The average molecular weight is 190 g/mol. The summed E-state index contributed by atoms with van der Waals surface area (Å²) in [5, 5.41) is 8.80. The molecule has 0 saturated heterocycles. The standard InChI is InChI=1S/C11H10O3/c12-11(13)9-3-1-2-8(6-9)10-4-5-14-7-10/h1-4,6H,5,7H2,(H,12,13). The fourth-order valence-electron chi connectivity index (χ4n) is 1.44. The molecule has 1 N–H and O–H groups in total. The fraction of sp³-hybridized carbons (Fsp3) is 0.182. The molecular formula is C11H10O3. The normalized spacial score (nSPS) is 15.3. The SMILES string of the molecule is O=C(O)c1cccc(C2=CCOC2)c1. The lowest BCUT2D eigenvalue weighted by molar-refractivity contribution is 0.0697. The highest BCUT2D eigenvalue weighted by Gasteiger charge is 2.09. The van der Waals surface area contributed by atoms with E-state index in [0.29, 0.717) is 18.8 Å². The molecule has 0 aliphatic carbocycles. The van der Waals surface area contributed by atoms with Gasteiger partial charge >= 0.3 is 5.97 Å². The van der Waals surface area contributed by atoms with Gasteiger partial charge in [-0.05, 0) is 23.3 Å². The van der Waals surface area contributed by atoms with E-state index in [9.17, 15) is 4.79 Å². The molecule has 1 aliphatic heterocycles. The monoisotopic (exact) mass is 190 g/mol. The number of carboxylic acids is 1. The Morgan fingerprint density at radius 3 is 2.93 bits per heavy atom. The van der Waals surface area contributed by atoms with Crippen molar-refractivity contribution in [3.63, 3.8) is 0 Å². The summed E-state index contributed by atoms with van der Waals surface area (Å²) in [7, 11) is 0. The summed E-state index contributed by atoms with van der Waals surface area (Å²) >= 11 is 0. The minimum Gasteiger partial charge on any atom is -0.478 e. The Labute approximate surface area is 81.6 Å². The van der Waals surface area contributed by atoms with Crippen molar-refractivity contribution in [3.05, 3.63) is 41.5 Å². The molecule has 0 saturated carbocycles. The number of carboxylic acid groups (broad SMARTS) is 1. The lowest BCUT2D eigenvalue weighted by atomic mass is 10.0. The molecule has 1 aliphatic rings. The number of carbonyl (C=O) groups is 1. The van der Waals surface area contributed by atoms with Crippen LogP contribution in [0.15, 0.2) is 30.3 Å². The van der Waals surface area contributed by atoms with Crippen LogP contribution in [0.4, 0.5) is 0 Å². The summed E-state index contributed by atoms with van der Waals surface area (Å²) in [6.07, 6.45) is 1.97. The van der Waals surface area contributed by atoms with Crippen molar-refractivity contribution >= 4 is 11.5 Å². The molecule has 0 fully saturated rings. The third-order valence-electron chi connectivity index (χ3n) is 2.19. The van der Waals surface area contributed by atoms with Crippen molar-refractivity contribution in [3.8, 4) is 0 Å². The third kappa shape index (κ3) is 1.67. The molecule has 0 spiro atoms. The average Bonchev–Trinajstić information content (AvgIpc) is 2.71. The highest BCUT2D eigenvalue weighted by atomic mass is 16.5.